The Balaban J connectivity index is 2.46. The molecule has 0 spiro atoms. The predicted octanol–water partition coefficient (Wildman–Crippen LogP) is 0.982. The zero-order valence-corrected chi connectivity index (χ0v) is 9.96. The number of rotatable bonds is 3. The van der Waals surface area contributed by atoms with Gasteiger partial charge in [-0.1, -0.05) is 18.2 Å². The van der Waals surface area contributed by atoms with E-state index in [-0.39, 0.29) is 17.2 Å². The topological polar surface area (TPSA) is 64.0 Å². The fraction of sp³-hybridized carbons (Fsp3) is 0.154. The molecule has 0 radical (unpaired) electrons. The van der Waals surface area contributed by atoms with Gasteiger partial charge in [-0.3, -0.25) is 9.59 Å². The van der Waals surface area contributed by atoms with E-state index in [0.717, 1.165) is 0 Å². The van der Waals surface area contributed by atoms with Gasteiger partial charge in [-0.25, -0.2) is 0 Å². The summed E-state index contributed by atoms with van der Waals surface area (Å²) < 4.78 is 1.21. The number of nitrogens with one attached hydrogen (secondary N) is 1. The summed E-state index contributed by atoms with van der Waals surface area (Å²) in [6, 6.07) is 11.7. The first-order valence-corrected chi connectivity index (χ1v) is 5.66. The summed E-state index contributed by atoms with van der Waals surface area (Å²) in [6.45, 7) is 2.34. The number of carbonyl (C=O) groups excluding carboxylic acids is 1. The lowest BCUT2D eigenvalue weighted by molar-refractivity contribution is 0.0949. The molecule has 1 aromatic heterocycles. The maximum absolute atomic E-state index is 11.7. The summed E-state index contributed by atoms with van der Waals surface area (Å²) in [6.07, 6.45) is 0. The fourth-order valence-corrected chi connectivity index (χ4v) is 1.54. The van der Waals surface area contributed by atoms with Crippen molar-refractivity contribution in [3.05, 3.63) is 58.5 Å². The van der Waals surface area contributed by atoms with Crippen molar-refractivity contribution in [3.63, 3.8) is 0 Å². The zero-order valence-electron chi connectivity index (χ0n) is 9.96. The monoisotopic (exact) mass is 243 g/mol. The largest absolute Gasteiger partial charge is 0.351 e. The molecule has 0 aliphatic heterocycles. The number of benzene rings is 1. The smallest absolute Gasteiger partial charge is 0.271 e. The molecular formula is C13H13N3O2. The van der Waals surface area contributed by atoms with Gasteiger partial charge in [0.1, 0.15) is 5.69 Å². The molecule has 0 unspecified atom stereocenters. The average Bonchev–Trinajstić information content (AvgIpc) is 2.40. The highest BCUT2D eigenvalue weighted by Crippen LogP contribution is 2.02. The number of carbonyl (C=O) groups is 1. The molecule has 0 atom stereocenters. The highest BCUT2D eigenvalue weighted by atomic mass is 16.2. The minimum atomic E-state index is -0.290. The molecule has 5 heteroatoms. The van der Waals surface area contributed by atoms with Crippen molar-refractivity contribution < 1.29 is 4.79 Å². The maximum atomic E-state index is 11.7. The van der Waals surface area contributed by atoms with Crippen molar-refractivity contribution in [1.29, 1.82) is 0 Å². The molecule has 1 amide bonds. The normalized spacial score (nSPS) is 10.1. The van der Waals surface area contributed by atoms with Gasteiger partial charge in [0.2, 0.25) is 0 Å². The summed E-state index contributed by atoms with van der Waals surface area (Å²) in [5, 5.41) is 6.70. The van der Waals surface area contributed by atoms with Crippen LogP contribution in [0.25, 0.3) is 5.69 Å². The Morgan fingerprint density at radius 3 is 2.61 bits per heavy atom. The van der Waals surface area contributed by atoms with Gasteiger partial charge in [-0.05, 0) is 25.1 Å². The van der Waals surface area contributed by atoms with Gasteiger partial charge in [0, 0.05) is 12.6 Å². The second-order valence-electron chi connectivity index (χ2n) is 3.66. The van der Waals surface area contributed by atoms with Crippen LogP contribution < -0.4 is 10.9 Å². The number of nitrogens with zero attached hydrogens (tertiary/aromatic N) is 2. The molecule has 0 aliphatic rings. The lowest BCUT2D eigenvalue weighted by atomic mass is 10.3. The van der Waals surface area contributed by atoms with Crippen LogP contribution in [0.4, 0.5) is 0 Å². The van der Waals surface area contributed by atoms with Crippen LogP contribution in [0.1, 0.15) is 17.4 Å². The fourth-order valence-electron chi connectivity index (χ4n) is 1.54. The molecule has 0 bridgehead atoms. The van der Waals surface area contributed by atoms with Crippen molar-refractivity contribution in [3.8, 4) is 5.69 Å². The van der Waals surface area contributed by atoms with Gasteiger partial charge in [0.15, 0.2) is 0 Å². The van der Waals surface area contributed by atoms with E-state index in [1.807, 2.05) is 25.1 Å². The molecule has 18 heavy (non-hydrogen) atoms. The molecule has 1 heterocycles. The van der Waals surface area contributed by atoms with E-state index in [9.17, 15) is 9.59 Å². The van der Waals surface area contributed by atoms with Crippen LogP contribution in [-0.4, -0.2) is 22.2 Å². The molecule has 92 valence electrons. The minimum Gasteiger partial charge on any atom is -0.351 e. The van der Waals surface area contributed by atoms with E-state index in [1.165, 1.54) is 16.8 Å². The molecule has 0 saturated carbocycles. The van der Waals surface area contributed by atoms with Crippen molar-refractivity contribution in [2.75, 3.05) is 6.54 Å². The second kappa shape index (κ2) is 5.27. The van der Waals surface area contributed by atoms with Crippen LogP contribution in [0, 0.1) is 0 Å². The number of amides is 1. The van der Waals surface area contributed by atoms with Gasteiger partial charge in [-0.15, -0.1) is 0 Å². The Morgan fingerprint density at radius 1 is 1.22 bits per heavy atom. The predicted molar refractivity (Wildman–Crippen MR) is 67.8 cm³/mol. The summed E-state index contributed by atoms with van der Waals surface area (Å²) in [5.74, 6) is -0.290. The molecule has 0 aliphatic carbocycles. The van der Waals surface area contributed by atoms with Crippen LogP contribution in [-0.2, 0) is 0 Å². The van der Waals surface area contributed by atoms with Crippen molar-refractivity contribution in [1.82, 2.24) is 15.1 Å². The highest BCUT2D eigenvalue weighted by Gasteiger charge is 2.09. The molecule has 5 nitrogen and oxygen atoms in total. The SMILES string of the molecule is CCNC(=O)c1ccc(=O)n(-c2ccccc2)n1. The number of hydrogen-bond donors (Lipinski definition) is 1. The molecule has 1 N–H and O–H groups in total. The third kappa shape index (κ3) is 2.45. The van der Waals surface area contributed by atoms with E-state index < -0.39 is 0 Å². The van der Waals surface area contributed by atoms with Crippen molar-refractivity contribution in [2.45, 2.75) is 6.92 Å². The summed E-state index contributed by atoms with van der Waals surface area (Å²) >= 11 is 0. The number of aromatic nitrogens is 2. The Morgan fingerprint density at radius 2 is 1.94 bits per heavy atom. The molecule has 0 fully saturated rings. The van der Waals surface area contributed by atoms with E-state index in [2.05, 4.69) is 10.4 Å². The first-order chi connectivity index (χ1) is 8.72. The van der Waals surface area contributed by atoms with Gasteiger partial charge in [0.25, 0.3) is 11.5 Å². The van der Waals surface area contributed by atoms with Gasteiger partial charge in [0.05, 0.1) is 5.69 Å². The lowest BCUT2D eigenvalue weighted by Crippen LogP contribution is -2.28. The molecule has 0 saturated heterocycles. The summed E-state index contributed by atoms with van der Waals surface area (Å²) in [5.41, 5.74) is 0.586. The van der Waals surface area contributed by atoms with Gasteiger partial charge >= 0.3 is 0 Å². The summed E-state index contributed by atoms with van der Waals surface area (Å²) in [7, 11) is 0. The van der Waals surface area contributed by atoms with Crippen LogP contribution in [0.15, 0.2) is 47.3 Å². The minimum absolute atomic E-state index is 0.223. The zero-order chi connectivity index (χ0) is 13.0. The van der Waals surface area contributed by atoms with E-state index in [1.54, 1.807) is 12.1 Å². The van der Waals surface area contributed by atoms with Crippen molar-refractivity contribution in [2.24, 2.45) is 0 Å². The maximum Gasteiger partial charge on any atom is 0.271 e. The quantitative estimate of drug-likeness (QED) is 0.874. The highest BCUT2D eigenvalue weighted by molar-refractivity contribution is 5.91. The Bertz CT molecular complexity index is 605. The molecular weight excluding hydrogens is 230 g/mol. The number of para-hydroxylation sites is 1. The molecule has 1 aromatic carbocycles. The first-order valence-electron chi connectivity index (χ1n) is 5.66. The van der Waals surface area contributed by atoms with Crippen LogP contribution in [0.5, 0.6) is 0 Å². The number of hydrogen-bond acceptors (Lipinski definition) is 3. The third-order valence-corrected chi connectivity index (χ3v) is 2.37. The van der Waals surface area contributed by atoms with Gasteiger partial charge < -0.3 is 5.32 Å². The van der Waals surface area contributed by atoms with E-state index in [0.29, 0.717) is 12.2 Å². The van der Waals surface area contributed by atoms with Crippen LogP contribution >= 0.6 is 0 Å². The van der Waals surface area contributed by atoms with E-state index >= 15 is 0 Å². The van der Waals surface area contributed by atoms with E-state index in [4.69, 9.17) is 0 Å². The summed E-state index contributed by atoms with van der Waals surface area (Å²) in [4.78, 5) is 23.4. The van der Waals surface area contributed by atoms with Crippen molar-refractivity contribution >= 4 is 5.91 Å². The average molecular weight is 243 g/mol. The van der Waals surface area contributed by atoms with Crippen LogP contribution in [0.3, 0.4) is 0 Å². The van der Waals surface area contributed by atoms with Gasteiger partial charge in [-0.2, -0.15) is 9.78 Å². The Labute approximate surface area is 104 Å². The molecule has 2 aromatic rings. The second-order valence-corrected chi connectivity index (χ2v) is 3.66. The lowest BCUT2D eigenvalue weighted by Gasteiger charge is -2.06. The Hall–Kier alpha value is -2.43. The third-order valence-electron chi connectivity index (χ3n) is 2.37. The van der Waals surface area contributed by atoms with Crippen LogP contribution in [0.2, 0.25) is 0 Å². The standard InChI is InChI=1S/C13H13N3O2/c1-2-14-13(18)11-8-9-12(17)16(15-11)10-6-4-3-5-7-10/h3-9H,2H2,1H3,(H,14,18). The molecule has 2 rings (SSSR count). The Kier molecular flexibility index (Phi) is 3.52. The first kappa shape index (κ1) is 12.0.